The van der Waals surface area contributed by atoms with Gasteiger partial charge in [0.2, 0.25) is 0 Å². The molecule has 0 aliphatic carbocycles. The van der Waals surface area contributed by atoms with Crippen LogP contribution in [-0.2, 0) is 0 Å². The molecule has 0 fully saturated rings. The lowest BCUT2D eigenvalue weighted by Crippen LogP contribution is -2.10. The maximum absolute atomic E-state index is 13.5. The number of benzene rings is 3. The van der Waals surface area contributed by atoms with Gasteiger partial charge in [-0.1, -0.05) is 30.3 Å². The van der Waals surface area contributed by atoms with Crippen molar-refractivity contribution in [3.63, 3.8) is 0 Å². The molecule has 1 aliphatic rings. The van der Waals surface area contributed by atoms with Gasteiger partial charge in [0.1, 0.15) is 11.6 Å². The minimum Gasteiger partial charge on any atom is -0.507 e. The molecule has 148 valence electrons. The average Bonchev–Trinajstić information content (AvgIpc) is 3.43. The normalized spacial score (nSPS) is 15.6. The zero-order chi connectivity index (χ0) is 20.5. The zero-order valence-corrected chi connectivity index (χ0v) is 16.0. The second-order valence-electron chi connectivity index (χ2n) is 7.18. The zero-order valence-electron chi connectivity index (χ0n) is 16.0. The lowest BCUT2D eigenvalue weighted by Gasteiger charge is -2.10. The summed E-state index contributed by atoms with van der Waals surface area (Å²) in [7, 11) is 0. The van der Waals surface area contributed by atoms with Crippen molar-refractivity contribution < 1.29 is 9.50 Å². The van der Waals surface area contributed by atoms with Gasteiger partial charge in [-0.05, 0) is 48.5 Å². The number of hydrazone groups is 1. The van der Waals surface area contributed by atoms with Crippen LogP contribution in [0.4, 0.5) is 4.39 Å². The van der Waals surface area contributed by atoms with Crippen LogP contribution < -0.4 is 5.43 Å². The highest BCUT2D eigenvalue weighted by Gasteiger charge is 2.27. The Hall–Kier alpha value is -3.93. The molecular formula is C24H19FN4O. The standard InChI is InChI=1S/C24H19FN4O/c25-17-12-10-16(11-13-17)24-20(15-29(28-24)18-6-2-1-3-7-18)22-14-21(26-27-22)19-8-4-5-9-23(19)30/h1-13,15,22,27,30H,14H2. The van der Waals surface area contributed by atoms with Crippen molar-refractivity contribution in [2.75, 3.05) is 0 Å². The Balaban J connectivity index is 1.53. The van der Waals surface area contributed by atoms with Crippen molar-refractivity contribution >= 4 is 5.71 Å². The number of nitrogens with one attached hydrogen (secondary N) is 1. The van der Waals surface area contributed by atoms with Gasteiger partial charge in [-0.25, -0.2) is 9.07 Å². The van der Waals surface area contributed by atoms with Gasteiger partial charge in [0.05, 0.1) is 23.1 Å². The third kappa shape index (κ3) is 3.33. The Kier molecular flexibility index (Phi) is 4.52. The first-order valence-corrected chi connectivity index (χ1v) is 9.70. The van der Waals surface area contributed by atoms with E-state index in [0.717, 1.165) is 28.2 Å². The van der Waals surface area contributed by atoms with Crippen molar-refractivity contribution in [1.82, 2.24) is 15.2 Å². The molecule has 0 amide bonds. The fourth-order valence-corrected chi connectivity index (χ4v) is 3.70. The number of nitrogens with zero attached hydrogens (tertiary/aromatic N) is 3. The summed E-state index contributed by atoms with van der Waals surface area (Å²) in [5.74, 6) is -0.0793. The van der Waals surface area contributed by atoms with Crippen LogP contribution in [0.5, 0.6) is 5.75 Å². The predicted molar refractivity (Wildman–Crippen MR) is 114 cm³/mol. The highest BCUT2D eigenvalue weighted by Crippen LogP contribution is 2.34. The van der Waals surface area contributed by atoms with Gasteiger partial charge in [-0.2, -0.15) is 10.2 Å². The summed E-state index contributed by atoms with van der Waals surface area (Å²) in [5, 5.41) is 19.4. The molecule has 1 atom stereocenters. The smallest absolute Gasteiger partial charge is 0.124 e. The van der Waals surface area contributed by atoms with Crippen LogP contribution in [0.3, 0.4) is 0 Å². The maximum atomic E-state index is 13.5. The molecule has 6 heteroatoms. The molecule has 0 saturated heterocycles. The van der Waals surface area contributed by atoms with Gasteiger partial charge in [0, 0.05) is 29.3 Å². The molecule has 30 heavy (non-hydrogen) atoms. The van der Waals surface area contributed by atoms with E-state index >= 15 is 0 Å². The predicted octanol–water partition coefficient (Wildman–Crippen LogP) is 4.82. The molecule has 0 spiro atoms. The number of hydrogen-bond acceptors (Lipinski definition) is 4. The van der Waals surface area contributed by atoms with Crippen molar-refractivity contribution in [1.29, 1.82) is 0 Å². The van der Waals surface area contributed by atoms with E-state index < -0.39 is 0 Å². The summed E-state index contributed by atoms with van der Waals surface area (Å²) in [6, 6.07) is 23.2. The van der Waals surface area contributed by atoms with Crippen LogP contribution in [0, 0.1) is 5.82 Å². The SMILES string of the molecule is Oc1ccccc1C1=NNC(c2cn(-c3ccccc3)nc2-c2ccc(F)cc2)C1. The molecule has 0 bridgehead atoms. The number of rotatable bonds is 4. The Morgan fingerprint density at radius 1 is 0.933 bits per heavy atom. The summed E-state index contributed by atoms with van der Waals surface area (Å²) in [6.45, 7) is 0. The first-order chi connectivity index (χ1) is 14.7. The highest BCUT2D eigenvalue weighted by atomic mass is 19.1. The summed E-state index contributed by atoms with van der Waals surface area (Å²) in [4.78, 5) is 0. The van der Waals surface area contributed by atoms with Crippen LogP contribution >= 0.6 is 0 Å². The van der Waals surface area contributed by atoms with Crippen molar-refractivity contribution in [3.05, 3.63) is 102 Å². The summed E-state index contributed by atoms with van der Waals surface area (Å²) in [5.41, 5.74) is 8.18. The first-order valence-electron chi connectivity index (χ1n) is 9.70. The van der Waals surface area contributed by atoms with Gasteiger partial charge in [-0.15, -0.1) is 0 Å². The lowest BCUT2D eigenvalue weighted by atomic mass is 9.97. The topological polar surface area (TPSA) is 62.4 Å². The third-order valence-corrected chi connectivity index (χ3v) is 5.22. The number of hydrogen-bond donors (Lipinski definition) is 2. The molecular weight excluding hydrogens is 379 g/mol. The highest BCUT2D eigenvalue weighted by molar-refractivity contribution is 6.04. The van der Waals surface area contributed by atoms with E-state index in [4.69, 9.17) is 5.10 Å². The second-order valence-corrected chi connectivity index (χ2v) is 7.18. The molecule has 3 aromatic carbocycles. The molecule has 1 unspecified atom stereocenters. The van der Waals surface area contributed by atoms with E-state index in [1.807, 2.05) is 53.3 Å². The quantitative estimate of drug-likeness (QED) is 0.518. The molecule has 1 aromatic heterocycles. The summed E-state index contributed by atoms with van der Waals surface area (Å²) >= 11 is 0. The van der Waals surface area contributed by atoms with Gasteiger partial charge in [0.15, 0.2) is 0 Å². The molecule has 0 radical (unpaired) electrons. The molecule has 0 saturated carbocycles. The van der Waals surface area contributed by atoms with Crippen LogP contribution in [0.25, 0.3) is 16.9 Å². The molecule has 2 heterocycles. The number of halogens is 1. The molecule has 5 rings (SSSR count). The fraction of sp³-hybridized carbons (Fsp3) is 0.0833. The van der Waals surface area contributed by atoms with Crippen LogP contribution in [0.15, 0.2) is 90.2 Å². The van der Waals surface area contributed by atoms with Crippen molar-refractivity contribution in [2.24, 2.45) is 5.10 Å². The molecule has 4 aromatic rings. The van der Waals surface area contributed by atoms with Gasteiger partial charge < -0.3 is 10.5 Å². The fourth-order valence-electron chi connectivity index (χ4n) is 3.70. The van der Waals surface area contributed by atoms with E-state index in [1.165, 1.54) is 12.1 Å². The van der Waals surface area contributed by atoms with Crippen molar-refractivity contribution in [2.45, 2.75) is 12.5 Å². The van der Waals surface area contributed by atoms with E-state index in [9.17, 15) is 9.50 Å². The Morgan fingerprint density at radius 2 is 1.67 bits per heavy atom. The molecule has 2 N–H and O–H groups in total. The Bertz CT molecular complexity index is 1220. The van der Waals surface area contributed by atoms with Crippen LogP contribution in [-0.4, -0.2) is 20.6 Å². The number of aromatic hydroxyl groups is 1. The minimum atomic E-state index is -0.285. The summed E-state index contributed by atoms with van der Waals surface area (Å²) in [6.07, 6.45) is 2.58. The first kappa shape index (κ1) is 18.1. The van der Waals surface area contributed by atoms with E-state index in [2.05, 4.69) is 10.5 Å². The Labute approximate surface area is 173 Å². The summed E-state index contributed by atoms with van der Waals surface area (Å²) < 4.78 is 15.3. The van der Waals surface area contributed by atoms with Gasteiger partial charge in [-0.3, -0.25) is 0 Å². The van der Waals surface area contributed by atoms with E-state index in [0.29, 0.717) is 12.0 Å². The van der Waals surface area contributed by atoms with Gasteiger partial charge in [0.25, 0.3) is 0 Å². The lowest BCUT2D eigenvalue weighted by molar-refractivity contribution is 0.474. The second kappa shape index (κ2) is 7.48. The number of para-hydroxylation sites is 2. The number of aromatic nitrogens is 2. The Morgan fingerprint density at radius 3 is 2.43 bits per heavy atom. The molecule has 1 aliphatic heterocycles. The van der Waals surface area contributed by atoms with Crippen LogP contribution in [0.1, 0.15) is 23.6 Å². The van der Waals surface area contributed by atoms with Crippen LogP contribution in [0.2, 0.25) is 0 Å². The molecule has 5 nitrogen and oxygen atoms in total. The minimum absolute atomic E-state index is 0.114. The van der Waals surface area contributed by atoms with Gasteiger partial charge >= 0.3 is 0 Å². The van der Waals surface area contributed by atoms with E-state index in [-0.39, 0.29) is 17.6 Å². The average molecular weight is 398 g/mol. The van der Waals surface area contributed by atoms with E-state index in [1.54, 1.807) is 24.3 Å². The van der Waals surface area contributed by atoms with Crippen molar-refractivity contribution in [3.8, 4) is 22.7 Å². The third-order valence-electron chi connectivity index (χ3n) is 5.22. The monoisotopic (exact) mass is 398 g/mol. The largest absolute Gasteiger partial charge is 0.507 e. The maximum Gasteiger partial charge on any atom is 0.124 e. The number of phenolic OH excluding ortho intramolecular Hbond substituents is 1. The number of phenols is 1.